The number of hydrogen-bond donors (Lipinski definition) is 3. The molecule has 0 bridgehead atoms. The molecule has 0 fully saturated rings. The first-order valence-electron chi connectivity index (χ1n) is 34.6. The molecule has 0 aromatic rings. The van der Waals surface area contributed by atoms with Gasteiger partial charge < -0.3 is 14.7 Å². The molecule has 7 nitrogen and oxygen atoms in total. The van der Waals surface area contributed by atoms with Crippen LogP contribution in [0.15, 0.2) is 175 Å². The average molecular weight is 1270 g/mol. The molecule has 2 unspecified atom stereocenters. The number of phosphoric ester groups is 1. The Kier molecular flexibility index (Phi) is 50.6. The van der Waals surface area contributed by atoms with E-state index < -0.39 is 15.6 Å². The van der Waals surface area contributed by atoms with Crippen LogP contribution in [0.5, 0.6) is 0 Å². The third-order valence-electron chi connectivity index (χ3n) is 16.7. The predicted molar refractivity (Wildman–Crippen MR) is 393 cm³/mol. The SMILES string of the molecule is CC(C)=CCC/C(C)=C/CC/C(C)=C/CC/C(C)=C\CC/C(C)=C\CC/C(C)=C\CC/C(C)=C\CC/C(C)=C\CC/C(C)=C\CC/C(C)=C\CC/C(C)=C\CC/C(C)=C\CC/C(C)=C\CC/C(C)=C\CC/C(C)=C\CCC(C)CCOP(=O)(O)OP(=O)(O)O. The summed E-state index contributed by atoms with van der Waals surface area (Å²) in [6, 6.07) is 0. The van der Waals surface area contributed by atoms with Gasteiger partial charge in [-0.05, 0) is 316 Å². The van der Waals surface area contributed by atoms with Crippen LogP contribution >= 0.6 is 15.6 Å². The fourth-order valence-corrected chi connectivity index (χ4v) is 12.0. The van der Waals surface area contributed by atoms with Gasteiger partial charge in [-0.15, -0.1) is 0 Å². The lowest BCUT2D eigenvalue weighted by atomic mass is 10.0. The number of hydrogen-bond acceptors (Lipinski definition) is 4. The molecule has 3 N–H and O–H groups in total. The van der Waals surface area contributed by atoms with Gasteiger partial charge in [-0.2, -0.15) is 4.31 Å². The Hall–Kier alpha value is -3.64. The normalized spacial score (nSPS) is 16.0. The second-order valence-corrected chi connectivity index (χ2v) is 29.7. The lowest BCUT2D eigenvalue weighted by Crippen LogP contribution is -2.02. The molecule has 0 aliphatic carbocycles. The van der Waals surface area contributed by atoms with Crippen molar-refractivity contribution in [1.82, 2.24) is 0 Å². The van der Waals surface area contributed by atoms with Gasteiger partial charge in [0.15, 0.2) is 0 Å². The molecule has 0 aromatic heterocycles. The molecular formula is C80H134O7P2. The fraction of sp³-hybridized carbons (Fsp3) is 0.625. The van der Waals surface area contributed by atoms with Crippen molar-refractivity contribution in [2.75, 3.05) is 6.61 Å². The molecule has 506 valence electrons. The minimum absolute atomic E-state index is 0.114. The minimum atomic E-state index is -5.10. The van der Waals surface area contributed by atoms with E-state index in [1.807, 2.05) is 6.92 Å². The molecule has 0 aromatic carbocycles. The highest BCUT2D eigenvalue weighted by Gasteiger charge is 2.32. The van der Waals surface area contributed by atoms with Crippen LogP contribution in [0.3, 0.4) is 0 Å². The minimum Gasteiger partial charge on any atom is -0.302 e. The highest BCUT2D eigenvalue weighted by atomic mass is 31.3. The van der Waals surface area contributed by atoms with Crippen molar-refractivity contribution in [3.63, 3.8) is 0 Å². The van der Waals surface area contributed by atoms with Crippen molar-refractivity contribution in [2.24, 2.45) is 5.92 Å². The lowest BCUT2D eigenvalue weighted by molar-refractivity contribution is 0.170. The third kappa shape index (κ3) is 58.0. The summed E-state index contributed by atoms with van der Waals surface area (Å²) in [5.41, 5.74) is 22.3. The number of allylic oxidation sites excluding steroid dienone is 30. The van der Waals surface area contributed by atoms with Crippen molar-refractivity contribution in [2.45, 2.75) is 317 Å². The van der Waals surface area contributed by atoms with Gasteiger partial charge in [-0.1, -0.05) is 182 Å². The first kappa shape index (κ1) is 85.4. The molecule has 0 amide bonds. The van der Waals surface area contributed by atoms with Crippen LogP contribution in [0.25, 0.3) is 0 Å². The Morgan fingerprint density at radius 1 is 0.281 bits per heavy atom. The first-order valence-corrected chi connectivity index (χ1v) is 37.6. The Morgan fingerprint density at radius 2 is 0.449 bits per heavy atom. The monoisotopic (exact) mass is 1270 g/mol. The van der Waals surface area contributed by atoms with Crippen LogP contribution in [0.4, 0.5) is 0 Å². The van der Waals surface area contributed by atoms with Crippen molar-refractivity contribution in [3.05, 3.63) is 175 Å². The van der Waals surface area contributed by atoms with E-state index in [1.165, 1.54) is 109 Å². The molecule has 2 atom stereocenters. The topological polar surface area (TPSA) is 113 Å². The maximum absolute atomic E-state index is 11.6. The second kappa shape index (κ2) is 52.8. The van der Waals surface area contributed by atoms with Crippen LogP contribution in [0, 0.1) is 5.92 Å². The molecule has 0 heterocycles. The first-order chi connectivity index (χ1) is 42.0. The molecule has 0 rings (SSSR count). The summed E-state index contributed by atoms with van der Waals surface area (Å²) < 4.78 is 30.9. The zero-order valence-electron chi connectivity index (χ0n) is 60.2. The van der Waals surface area contributed by atoms with Crippen LogP contribution in [0.1, 0.15) is 317 Å². The van der Waals surface area contributed by atoms with Gasteiger partial charge >= 0.3 is 15.6 Å². The van der Waals surface area contributed by atoms with Crippen molar-refractivity contribution >= 4 is 15.6 Å². The molecular weight excluding hydrogens is 1130 g/mol. The van der Waals surface area contributed by atoms with E-state index in [0.717, 1.165) is 167 Å². The van der Waals surface area contributed by atoms with E-state index >= 15 is 0 Å². The van der Waals surface area contributed by atoms with Crippen molar-refractivity contribution in [1.29, 1.82) is 0 Å². The summed E-state index contributed by atoms with van der Waals surface area (Å²) >= 11 is 0. The Balaban J connectivity index is 4.34. The van der Waals surface area contributed by atoms with Crippen LogP contribution in [-0.4, -0.2) is 21.3 Å². The van der Waals surface area contributed by atoms with Crippen molar-refractivity contribution < 1.29 is 32.6 Å². The summed E-state index contributed by atoms with van der Waals surface area (Å²) in [7, 11) is -9.87. The maximum Gasteiger partial charge on any atom is 0.481 e. The van der Waals surface area contributed by atoms with Gasteiger partial charge in [0.2, 0.25) is 0 Å². The standard InChI is InChI=1S/C80H134O7P2/c1-65(2)33-18-34-66(3)35-19-36-67(4)37-20-38-68(5)39-21-40-69(6)41-22-42-70(7)43-23-44-71(8)45-24-46-72(9)47-25-48-73(10)49-26-50-74(11)51-27-52-75(12)53-28-54-76(13)55-29-56-77(14)57-30-58-78(15)59-31-60-79(16)61-32-62-80(17)63-64-86-89(84,85)87-88(81,82)83/h33,35,37,39,41,43,45,47,49,51,53,55,57,59,61,80H,18-32,34,36,38,40,42,44,46,48,50,52,54,56,58,60,62-64H2,1-17H3,(H,84,85)(H2,81,82,83)/b66-35+,67-37+,68-39-,69-41-,70-43-,71-45-,72-47-,73-49-,74-51-,75-53-,76-55-,77-57-,78-59-,79-61-. The van der Waals surface area contributed by atoms with Gasteiger partial charge in [0.1, 0.15) is 0 Å². The van der Waals surface area contributed by atoms with Crippen LogP contribution < -0.4 is 0 Å². The van der Waals surface area contributed by atoms with E-state index in [0.29, 0.717) is 6.42 Å². The molecule has 0 aliphatic rings. The molecule has 0 spiro atoms. The Labute approximate surface area is 549 Å². The smallest absolute Gasteiger partial charge is 0.302 e. The van der Waals surface area contributed by atoms with Crippen LogP contribution in [0.2, 0.25) is 0 Å². The lowest BCUT2D eigenvalue weighted by Gasteiger charge is -2.14. The highest BCUT2D eigenvalue weighted by molar-refractivity contribution is 7.60. The van der Waals surface area contributed by atoms with Gasteiger partial charge in [0.05, 0.1) is 6.61 Å². The van der Waals surface area contributed by atoms with Crippen molar-refractivity contribution in [3.8, 4) is 0 Å². The molecule has 0 saturated carbocycles. The van der Waals surface area contributed by atoms with E-state index in [1.54, 1.807) is 0 Å². The van der Waals surface area contributed by atoms with Gasteiger partial charge in [0.25, 0.3) is 0 Å². The predicted octanol–water partition coefficient (Wildman–Crippen LogP) is 27.2. The largest absolute Gasteiger partial charge is 0.481 e. The van der Waals surface area contributed by atoms with Gasteiger partial charge in [0, 0.05) is 0 Å². The zero-order chi connectivity index (χ0) is 66.9. The number of phosphoric acid groups is 2. The zero-order valence-corrected chi connectivity index (χ0v) is 62.0. The Bertz CT molecular complexity index is 2580. The van der Waals surface area contributed by atoms with Gasteiger partial charge in [-0.3, -0.25) is 4.52 Å². The molecule has 89 heavy (non-hydrogen) atoms. The quantitative estimate of drug-likeness (QED) is 0.0411. The summed E-state index contributed by atoms with van der Waals surface area (Å²) in [6.07, 6.45) is 70.4. The average Bonchev–Trinajstić information content (AvgIpc) is 3.56. The van der Waals surface area contributed by atoms with E-state index in [-0.39, 0.29) is 12.5 Å². The maximum atomic E-state index is 11.6. The summed E-state index contributed by atoms with van der Waals surface area (Å²) in [5.74, 6) is 0.219. The fourth-order valence-electron chi connectivity index (χ4n) is 10.4. The van der Waals surface area contributed by atoms with E-state index in [2.05, 4.69) is 211 Å². The summed E-state index contributed by atoms with van der Waals surface area (Å²) in [5, 5.41) is 0. The van der Waals surface area contributed by atoms with Crippen LogP contribution in [-0.2, 0) is 18.0 Å². The third-order valence-corrected chi connectivity index (χ3v) is 18.9. The van der Waals surface area contributed by atoms with E-state index in [9.17, 15) is 14.0 Å². The molecule has 0 saturated heterocycles. The molecule has 0 radical (unpaired) electrons. The summed E-state index contributed by atoms with van der Waals surface area (Å²) in [4.78, 5) is 26.8. The number of rotatable bonds is 51. The molecule has 0 aliphatic heterocycles. The Morgan fingerprint density at radius 3 is 0.618 bits per heavy atom. The van der Waals surface area contributed by atoms with Gasteiger partial charge in [-0.25, -0.2) is 9.13 Å². The highest BCUT2D eigenvalue weighted by Crippen LogP contribution is 2.57. The summed E-state index contributed by atoms with van der Waals surface area (Å²) in [6.45, 7) is 38.2. The van der Waals surface area contributed by atoms with E-state index in [4.69, 9.17) is 9.79 Å². The second-order valence-electron chi connectivity index (χ2n) is 26.9. The molecule has 9 heteroatoms.